The highest BCUT2D eigenvalue weighted by molar-refractivity contribution is 7.90. The first kappa shape index (κ1) is 37.4. The van der Waals surface area contributed by atoms with Crippen LogP contribution in [0.25, 0.3) is 11.8 Å². The molecule has 10 nitrogen and oxygen atoms in total. The van der Waals surface area contributed by atoms with E-state index in [4.69, 9.17) is 34.8 Å². The van der Waals surface area contributed by atoms with Gasteiger partial charge in [0.2, 0.25) is 0 Å². The summed E-state index contributed by atoms with van der Waals surface area (Å²) < 4.78 is 30.4. The number of nitrogens with zero attached hydrogens (tertiary/aromatic N) is 4. The van der Waals surface area contributed by atoms with Crippen LogP contribution in [-0.4, -0.2) is 59.3 Å². The number of aryl methyl sites for hydroxylation is 1. The van der Waals surface area contributed by atoms with E-state index in [1.54, 1.807) is 49.2 Å². The van der Waals surface area contributed by atoms with Gasteiger partial charge in [0.15, 0.2) is 5.69 Å². The fraction of sp³-hybridized carbons (Fsp3) is 0.200. The number of carbonyl (C=O) groups is 3. The molecule has 1 aliphatic heterocycles. The van der Waals surface area contributed by atoms with Crippen LogP contribution in [0.2, 0.25) is 15.1 Å². The van der Waals surface area contributed by atoms with Crippen molar-refractivity contribution < 1.29 is 22.8 Å². The fourth-order valence-electron chi connectivity index (χ4n) is 6.71. The topological polar surface area (TPSA) is 122 Å². The summed E-state index contributed by atoms with van der Waals surface area (Å²) in [6.45, 7) is 2.59. The second kappa shape index (κ2) is 15.1. The minimum atomic E-state index is -4.25. The highest BCUT2D eigenvalue weighted by Crippen LogP contribution is 2.30. The molecular formula is C40H34Cl3N5O5S. The Morgan fingerprint density at radius 3 is 2.44 bits per heavy atom. The lowest BCUT2D eigenvalue weighted by molar-refractivity contribution is 0.0734. The molecule has 276 valence electrons. The third-order valence-corrected chi connectivity index (χ3v) is 12.2. The van der Waals surface area contributed by atoms with Crippen LogP contribution in [0.3, 0.4) is 0 Å². The average molecular weight is 803 g/mol. The van der Waals surface area contributed by atoms with E-state index < -0.39 is 27.7 Å². The number of nitrogens with one attached hydrogen (secondary N) is 1. The zero-order chi connectivity index (χ0) is 38.3. The van der Waals surface area contributed by atoms with Crippen molar-refractivity contribution in [3.8, 4) is 5.69 Å². The van der Waals surface area contributed by atoms with Crippen molar-refractivity contribution >= 4 is 68.6 Å². The zero-order valence-corrected chi connectivity index (χ0v) is 32.4. The van der Waals surface area contributed by atoms with E-state index in [2.05, 4.69) is 9.82 Å². The maximum atomic E-state index is 14.4. The summed E-state index contributed by atoms with van der Waals surface area (Å²) in [5.74, 6) is -1.80. The highest BCUT2D eigenvalue weighted by atomic mass is 35.5. The predicted octanol–water partition coefficient (Wildman–Crippen LogP) is 7.69. The van der Waals surface area contributed by atoms with Gasteiger partial charge < -0.3 is 9.80 Å². The van der Waals surface area contributed by atoms with E-state index in [0.29, 0.717) is 41.7 Å². The van der Waals surface area contributed by atoms with E-state index >= 15 is 0 Å². The second-order valence-corrected chi connectivity index (χ2v) is 16.2. The monoisotopic (exact) mass is 801 g/mol. The van der Waals surface area contributed by atoms with Gasteiger partial charge in [-0.15, -0.1) is 0 Å². The smallest absolute Gasteiger partial charge is 0.275 e. The number of aromatic nitrogens is 2. The number of fused-ring (bicyclic) bond motifs is 2. The van der Waals surface area contributed by atoms with Crippen LogP contribution in [0.15, 0.2) is 89.8 Å². The molecule has 14 heteroatoms. The van der Waals surface area contributed by atoms with Crippen molar-refractivity contribution in [1.29, 1.82) is 0 Å². The molecule has 1 N–H and O–H groups in total. The number of hydrogen-bond acceptors (Lipinski definition) is 6. The Morgan fingerprint density at radius 1 is 0.889 bits per heavy atom. The molecule has 1 aliphatic carbocycles. The van der Waals surface area contributed by atoms with Crippen LogP contribution in [-0.2, 0) is 36.0 Å². The molecule has 0 saturated carbocycles. The molecule has 4 aromatic carbocycles. The van der Waals surface area contributed by atoms with Crippen LogP contribution < -0.4 is 4.72 Å². The lowest BCUT2D eigenvalue weighted by Gasteiger charge is -2.29. The van der Waals surface area contributed by atoms with Crippen molar-refractivity contribution in [2.24, 2.45) is 0 Å². The maximum Gasteiger partial charge on any atom is 0.275 e. The van der Waals surface area contributed by atoms with Gasteiger partial charge in [0.1, 0.15) is 0 Å². The summed E-state index contributed by atoms with van der Waals surface area (Å²) >= 11 is 19.0. The SMILES string of the molecule is Cc1c(Cl)c(C(=O)N(C)Cc2ccc(Cl)c(Cl)c2)nn1-c1ccc(C(=O)NS(=O)(=O)c2ccc3c(c2)CCC=C3)cc1C(=O)N1CCc2ccccc2C1. The standard InChI is InChI=1S/C40H34Cl3N5O5S/c1-24-36(43)37(40(51)46(2)22-25-11-15-33(41)34(42)19-25)44-48(24)35-16-13-29(21-32(35)39(50)47-18-17-27-8-4-6-10-30(27)23-47)38(49)45-54(52,53)31-14-12-26-7-3-5-9-28(26)20-31/h3-4,6-8,10-16,19-21H,5,9,17-18,22-23H2,1-2H3,(H,45,49). The molecule has 0 spiro atoms. The Kier molecular flexibility index (Phi) is 10.4. The zero-order valence-electron chi connectivity index (χ0n) is 29.3. The number of halogens is 3. The molecule has 0 atom stereocenters. The van der Waals surface area contributed by atoms with Gasteiger partial charge in [0, 0.05) is 32.2 Å². The Morgan fingerprint density at radius 2 is 1.67 bits per heavy atom. The van der Waals surface area contributed by atoms with Gasteiger partial charge >= 0.3 is 0 Å². The number of carbonyl (C=O) groups excluding carboxylic acids is 3. The number of sulfonamides is 1. The number of amides is 3. The molecule has 3 amide bonds. The van der Waals surface area contributed by atoms with Gasteiger partial charge in [-0.05, 0) is 96.5 Å². The summed E-state index contributed by atoms with van der Waals surface area (Å²) in [7, 11) is -2.66. The molecule has 0 fully saturated rings. The maximum absolute atomic E-state index is 14.4. The highest BCUT2D eigenvalue weighted by Gasteiger charge is 2.30. The molecule has 5 aromatic rings. The Bertz CT molecular complexity index is 2500. The summed E-state index contributed by atoms with van der Waals surface area (Å²) in [6.07, 6.45) is 6.08. The lowest BCUT2D eigenvalue weighted by atomic mass is 9.98. The quantitative estimate of drug-likeness (QED) is 0.172. The van der Waals surface area contributed by atoms with Crippen LogP contribution in [0.1, 0.15) is 71.1 Å². The minimum Gasteiger partial charge on any atom is -0.336 e. The largest absolute Gasteiger partial charge is 0.336 e. The Hall–Kier alpha value is -4.94. The summed E-state index contributed by atoms with van der Waals surface area (Å²) in [5.41, 5.74) is 5.29. The lowest BCUT2D eigenvalue weighted by Crippen LogP contribution is -2.37. The van der Waals surface area contributed by atoms with Crippen LogP contribution in [0.4, 0.5) is 0 Å². The van der Waals surface area contributed by atoms with Crippen molar-refractivity contribution in [2.45, 2.75) is 44.2 Å². The first-order valence-electron chi connectivity index (χ1n) is 17.1. The van der Waals surface area contributed by atoms with Crippen LogP contribution in [0, 0.1) is 6.92 Å². The fourth-order valence-corrected chi connectivity index (χ4v) is 8.25. The van der Waals surface area contributed by atoms with Crippen LogP contribution in [0.5, 0.6) is 0 Å². The summed E-state index contributed by atoms with van der Waals surface area (Å²) in [5, 5.41) is 5.41. The minimum absolute atomic E-state index is 0.0343. The predicted molar refractivity (Wildman–Crippen MR) is 209 cm³/mol. The van der Waals surface area contributed by atoms with Gasteiger partial charge in [-0.2, -0.15) is 5.10 Å². The van der Waals surface area contributed by atoms with Crippen molar-refractivity contribution in [3.05, 3.63) is 150 Å². The molecule has 7 rings (SSSR count). The van der Waals surface area contributed by atoms with Crippen molar-refractivity contribution in [1.82, 2.24) is 24.3 Å². The Labute approximate surface area is 328 Å². The van der Waals surface area contributed by atoms with E-state index in [1.807, 2.05) is 36.4 Å². The summed E-state index contributed by atoms with van der Waals surface area (Å²) in [6, 6.07) is 22.0. The second-order valence-electron chi connectivity index (χ2n) is 13.3. The molecule has 2 aliphatic rings. The molecule has 0 radical (unpaired) electrons. The molecule has 0 saturated heterocycles. The van der Waals surface area contributed by atoms with Gasteiger partial charge in [-0.3, -0.25) is 14.4 Å². The third-order valence-electron chi connectivity index (χ3n) is 9.66. The van der Waals surface area contributed by atoms with E-state index in [-0.39, 0.29) is 39.0 Å². The molecule has 1 aromatic heterocycles. The molecule has 0 unspecified atom stereocenters. The van der Waals surface area contributed by atoms with E-state index in [9.17, 15) is 22.8 Å². The number of benzene rings is 4. The van der Waals surface area contributed by atoms with E-state index in [0.717, 1.165) is 34.2 Å². The van der Waals surface area contributed by atoms with Crippen LogP contribution >= 0.6 is 34.8 Å². The summed E-state index contributed by atoms with van der Waals surface area (Å²) in [4.78, 5) is 44.8. The van der Waals surface area contributed by atoms with Gasteiger partial charge in [0.25, 0.3) is 27.7 Å². The van der Waals surface area contributed by atoms with Gasteiger partial charge in [0.05, 0.1) is 36.9 Å². The van der Waals surface area contributed by atoms with Gasteiger partial charge in [-0.1, -0.05) is 83.4 Å². The normalized spacial score (nSPS) is 13.6. The number of rotatable bonds is 8. The van der Waals surface area contributed by atoms with E-state index in [1.165, 1.54) is 33.8 Å². The molecule has 2 heterocycles. The number of allylic oxidation sites excluding steroid dienone is 1. The van der Waals surface area contributed by atoms with Crippen molar-refractivity contribution in [3.63, 3.8) is 0 Å². The molecule has 54 heavy (non-hydrogen) atoms. The Balaban J connectivity index is 1.23. The first-order chi connectivity index (χ1) is 25.8. The molecular weight excluding hydrogens is 769 g/mol. The third kappa shape index (κ3) is 7.41. The average Bonchev–Trinajstić information content (AvgIpc) is 3.47. The first-order valence-corrected chi connectivity index (χ1v) is 19.7. The molecule has 0 bridgehead atoms. The van der Waals surface area contributed by atoms with Crippen molar-refractivity contribution in [2.75, 3.05) is 13.6 Å². The number of hydrogen-bond donors (Lipinski definition) is 1. The van der Waals surface area contributed by atoms with Gasteiger partial charge in [-0.25, -0.2) is 17.8 Å².